The molecule has 0 aliphatic heterocycles. The van der Waals surface area contributed by atoms with Gasteiger partial charge >= 0.3 is 0 Å². The number of nitrogens with one attached hydrogen (secondary N) is 1. The molecule has 2 aromatic rings. The van der Waals surface area contributed by atoms with E-state index < -0.39 is 0 Å². The molecule has 0 amide bonds. The van der Waals surface area contributed by atoms with Crippen LogP contribution in [0.5, 0.6) is 0 Å². The van der Waals surface area contributed by atoms with Gasteiger partial charge in [-0.25, -0.2) is 0 Å². The van der Waals surface area contributed by atoms with Gasteiger partial charge in [0.2, 0.25) is 0 Å². The molecule has 0 aliphatic rings. The van der Waals surface area contributed by atoms with Crippen LogP contribution in [0, 0.1) is 0 Å². The molecule has 1 N–H and O–H groups in total. The number of nitrogens with zero attached hydrogens (tertiary/aromatic N) is 2. The maximum atomic E-state index is 4.27. The van der Waals surface area contributed by atoms with E-state index in [9.17, 15) is 0 Å². The smallest absolute Gasteiger partial charge is 0.0641 e. The zero-order valence-corrected chi connectivity index (χ0v) is 11.2. The van der Waals surface area contributed by atoms with Crippen molar-refractivity contribution in [3.63, 3.8) is 0 Å². The Balaban J connectivity index is 1.75. The summed E-state index contributed by atoms with van der Waals surface area (Å²) in [5.74, 6) is 0. The summed E-state index contributed by atoms with van der Waals surface area (Å²) in [5.41, 5.74) is 0. The first-order valence-corrected chi connectivity index (χ1v) is 6.90. The zero-order valence-electron chi connectivity index (χ0n) is 10.3. The lowest BCUT2D eigenvalue weighted by Crippen LogP contribution is -2.35. The highest BCUT2D eigenvalue weighted by Crippen LogP contribution is 2.11. The van der Waals surface area contributed by atoms with E-state index in [0.717, 1.165) is 13.0 Å². The predicted molar refractivity (Wildman–Crippen MR) is 72.4 cm³/mol. The fourth-order valence-electron chi connectivity index (χ4n) is 1.80. The average molecular weight is 249 g/mol. The lowest BCUT2D eigenvalue weighted by Gasteiger charge is -2.21. The van der Waals surface area contributed by atoms with Gasteiger partial charge in [-0.05, 0) is 37.8 Å². The van der Waals surface area contributed by atoms with E-state index in [1.54, 1.807) is 0 Å². The lowest BCUT2D eigenvalue weighted by atomic mass is 10.1. The van der Waals surface area contributed by atoms with Crippen LogP contribution in [0.15, 0.2) is 36.0 Å². The van der Waals surface area contributed by atoms with Gasteiger partial charge in [0.15, 0.2) is 0 Å². The van der Waals surface area contributed by atoms with E-state index >= 15 is 0 Å². The van der Waals surface area contributed by atoms with Gasteiger partial charge in [0, 0.05) is 29.9 Å². The van der Waals surface area contributed by atoms with Gasteiger partial charge < -0.3 is 5.32 Å². The normalized spacial score (nSPS) is 14.7. The summed E-state index contributed by atoms with van der Waals surface area (Å²) < 4.78 is 2.00. The summed E-state index contributed by atoms with van der Waals surface area (Å²) in [5, 5.41) is 9.96. The summed E-state index contributed by atoms with van der Waals surface area (Å²) in [7, 11) is 0. The Labute approximate surface area is 106 Å². The van der Waals surface area contributed by atoms with E-state index in [1.165, 1.54) is 4.88 Å². The van der Waals surface area contributed by atoms with Crippen LogP contribution in [-0.2, 0) is 6.42 Å². The fourth-order valence-corrected chi connectivity index (χ4v) is 2.51. The minimum Gasteiger partial charge on any atom is -0.312 e. The van der Waals surface area contributed by atoms with Crippen molar-refractivity contribution in [3.05, 3.63) is 40.8 Å². The van der Waals surface area contributed by atoms with Gasteiger partial charge in [-0.15, -0.1) is 11.3 Å². The van der Waals surface area contributed by atoms with E-state index in [0.29, 0.717) is 12.1 Å². The van der Waals surface area contributed by atoms with Gasteiger partial charge in [0.05, 0.1) is 6.04 Å². The van der Waals surface area contributed by atoms with E-state index in [2.05, 4.69) is 41.8 Å². The second-order valence-electron chi connectivity index (χ2n) is 4.30. The van der Waals surface area contributed by atoms with E-state index in [1.807, 2.05) is 34.5 Å². The van der Waals surface area contributed by atoms with Crippen molar-refractivity contribution >= 4 is 11.3 Å². The second-order valence-corrected chi connectivity index (χ2v) is 5.33. The number of thiophene rings is 1. The summed E-state index contributed by atoms with van der Waals surface area (Å²) in [4.78, 5) is 1.44. The Morgan fingerprint density at radius 2 is 2.29 bits per heavy atom. The third-order valence-corrected chi connectivity index (χ3v) is 4.02. The second kappa shape index (κ2) is 5.98. The van der Waals surface area contributed by atoms with Crippen molar-refractivity contribution in [1.29, 1.82) is 0 Å². The van der Waals surface area contributed by atoms with Crippen LogP contribution < -0.4 is 5.32 Å². The molecule has 0 bridgehead atoms. The summed E-state index contributed by atoms with van der Waals surface area (Å²) in [6, 6.07) is 7.07. The van der Waals surface area contributed by atoms with E-state index in [-0.39, 0.29) is 0 Å². The first-order chi connectivity index (χ1) is 8.27. The molecular weight excluding hydrogens is 230 g/mol. The molecule has 0 saturated heterocycles. The lowest BCUT2D eigenvalue weighted by molar-refractivity contribution is 0.368. The summed E-state index contributed by atoms with van der Waals surface area (Å²) in [6.07, 6.45) is 4.95. The van der Waals surface area contributed by atoms with Crippen LogP contribution in [0.4, 0.5) is 0 Å². The largest absolute Gasteiger partial charge is 0.312 e. The number of hydrogen-bond donors (Lipinski definition) is 1. The molecule has 0 saturated carbocycles. The van der Waals surface area contributed by atoms with Crippen LogP contribution in [0.3, 0.4) is 0 Å². The SMILES string of the molecule is C[C@H]([C@@H](C)NCCc1cccs1)n1cccn1. The van der Waals surface area contributed by atoms with Gasteiger partial charge in [-0.1, -0.05) is 6.07 Å². The first-order valence-electron chi connectivity index (χ1n) is 6.02. The van der Waals surface area contributed by atoms with Crippen molar-refractivity contribution in [3.8, 4) is 0 Å². The van der Waals surface area contributed by atoms with Crippen LogP contribution in [0.25, 0.3) is 0 Å². The van der Waals surface area contributed by atoms with Crippen molar-refractivity contribution in [2.45, 2.75) is 32.4 Å². The predicted octanol–water partition coefficient (Wildman–Crippen LogP) is 2.73. The maximum absolute atomic E-state index is 4.27. The molecule has 0 fully saturated rings. The Morgan fingerprint density at radius 1 is 1.41 bits per heavy atom. The third-order valence-electron chi connectivity index (χ3n) is 3.08. The summed E-state index contributed by atoms with van der Waals surface area (Å²) in [6.45, 7) is 5.42. The van der Waals surface area contributed by atoms with Gasteiger partial charge in [-0.3, -0.25) is 4.68 Å². The first kappa shape index (κ1) is 12.3. The molecule has 17 heavy (non-hydrogen) atoms. The molecule has 0 radical (unpaired) electrons. The molecule has 2 aromatic heterocycles. The van der Waals surface area contributed by atoms with Crippen LogP contribution in [-0.4, -0.2) is 22.4 Å². The monoisotopic (exact) mass is 249 g/mol. The number of hydrogen-bond acceptors (Lipinski definition) is 3. The maximum Gasteiger partial charge on any atom is 0.0641 e. The van der Waals surface area contributed by atoms with Gasteiger partial charge in [0.25, 0.3) is 0 Å². The van der Waals surface area contributed by atoms with Crippen LogP contribution in [0.2, 0.25) is 0 Å². The number of aromatic nitrogens is 2. The van der Waals surface area contributed by atoms with Crippen LogP contribution in [0.1, 0.15) is 24.8 Å². The fraction of sp³-hybridized carbons (Fsp3) is 0.462. The molecule has 2 atom stereocenters. The summed E-state index contributed by atoms with van der Waals surface area (Å²) >= 11 is 1.82. The minimum atomic E-state index is 0.383. The van der Waals surface area contributed by atoms with Crippen molar-refractivity contribution in [2.24, 2.45) is 0 Å². The minimum absolute atomic E-state index is 0.383. The molecule has 0 unspecified atom stereocenters. The Bertz CT molecular complexity index is 408. The topological polar surface area (TPSA) is 29.9 Å². The molecular formula is C13H19N3S. The standard InChI is InChI=1S/C13H19N3S/c1-11(12(2)16-9-4-7-15-16)14-8-6-13-5-3-10-17-13/h3-5,7,9-12,14H,6,8H2,1-2H3/t11-,12-/m1/s1. The van der Waals surface area contributed by atoms with Crippen LogP contribution >= 0.6 is 11.3 Å². The Hall–Kier alpha value is -1.13. The van der Waals surface area contributed by atoms with Gasteiger partial charge in [0.1, 0.15) is 0 Å². The van der Waals surface area contributed by atoms with E-state index in [4.69, 9.17) is 0 Å². The molecule has 0 spiro atoms. The number of rotatable bonds is 6. The quantitative estimate of drug-likeness (QED) is 0.853. The van der Waals surface area contributed by atoms with Crippen molar-refractivity contribution < 1.29 is 0 Å². The molecule has 0 aromatic carbocycles. The molecule has 92 valence electrons. The molecule has 2 rings (SSSR count). The van der Waals surface area contributed by atoms with Crippen molar-refractivity contribution in [2.75, 3.05) is 6.54 Å². The van der Waals surface area contributed by atoms with Crippen molar-refractivity contribution in [1.82, 2.24) is 15.1 Å². The highest BCUT2D eigenvalue weighted by molar-refractivity contribution is 7.09. The molecule has 0 aliphatic carbocycles. The molecule has 3 nitrogen and oxygen atoms in total. The molecule has 4 heteroatoms. The molecule has 2 heterocycles. The highest BCUT2D eigenvalue weighted by atomic mass is 32.1. The highest BCUT2D eigenvalue weighted by Gasteiger charge is 2.12. The Kier molecular flexibility index (Phi) is 4.34. The Morgan fingerprint density at radius 3 is 2.94 bits per heavy atom. The van der Waals surface area contributed by atoms with Gasteiger partial charge in [-0.2, -0.15) is 5.10 Å². The zero-order chi connectivity index (χ0) is 12.1. The average Bonchev–Trinajstić information content (AvgIpc) is 3.00. The third kappa shape index (κ3) is 3.41.